The van der Waals surface area contributed by atoms with Crippen LogP contribution in [-0.2, 0) is 0 Å². The predicted molar refractivity (Wildman–Crippen MR) is 92.2 cm³/mol. The van der Waals surface area contributed by atoms with Gasteiger partial charge in [0.05, 0.1) is 5.39 Å². The average Bonchev–Trinajstić information content (AvgIpc) is 3.11. The van der Waals surface area contributed by atoms with Gasteiger partial charge in [-0.05, 0) is 32.3 Å². The predicted octanol–water partition coefficient (Wildman–Crippen LogP) is 2.30. The zero-order valence-corrected chi connectivity index (χ0v) is 14.3. The first-order valence-electron chi connectivity index (χ1n) is 8.15. The summed E-state index contributed by atoms with van der Waals surface area (Å²) in [6.45, 7) is 7.79. The largest absolute Gasteiger partial charge is 0.356 e. The molecule has 2 aliphatic rings. The fourth-order valence-electron chi connectivity index (χ4n) is 3.63. The van der Waals surface area contributed by atoms with Crippen molar-refractivity contribution in [3.05, 3.63) is 16.8 Å². The average molecular weight is 331 g/mol. The minimum absolute atomic E-state index is 0.0946. The van der Waals surface area contributed by atoms with E-state index in [-0.39, 0.29) is 6.03 Å². The molecule has 2 aliphatic heterocycles. The molecule has 2 fully saturated rings. The van der Waals surface area contributed by atoms with Gasteiger partial charge in [-0.25, -0.2) is 14.8 Å². The molecule has 122 valence electrons. The number of nitrogens with one attached hydrogen (secondary N) is 1. The Kier molecular flexibility index (Phi) is 3.60. The number of nitrogens with zero attached hydrogens (tertiary/aromatic N) is 4. The molecule has 7 heteroatoms. The van der Waals surface area contributed by atoms with Gasteiger partial charge in [0.15, 0.2) is 0 Å². The monoisotopic (exact) mass is 331 g/mol. The number of aromatic nitrogens is 2. The van der Waals surface area contributed by atoms with Crippen LogP contribution < -0.4 is 10.2 Å². The molecule has 0 aromatic carbocycles. The van der Waals surface area contributed by atoms with E-state index in [1.807, 2.05) is 4.90 Å². The Bertz CT molecular complexity index is 750. The first kappa shape index (κ1) is 14.7. The molecule has 0 radical (unpaired) electrons. The summed E-state index contributed by atoms with van der Waals surface area (Å²) >= 11 is 1.74. The van der Waals surface area contributed by atoms with Crippen molar-refractivity contribution in [1.82, 2.24) is 20.2 Å². The highest BCUT2D eigenvalue weighted by Crippen LogP contribution is 2.35. The van der Waals surface area contributed by atoms with E-state index >= 15 is 0 Å². The summed E-state index contributed by atoms with van der Waals surface area (Å²) in [4.78, 5) is 27.6. The molecule has 23 heavy (non-hydrogen) atoms. The van der Waals surface area contributed by atoms with E-state index in [9.17, 15) is 4.79 Å². The lowest BCUT2D eigenvalue weighted by Crippen LogP contribution is -2.46. The molecule has 2 saturated heterocycles. The van der Waals surface area contributed by atoms with Crippen molar-refractivity contribution in [3.8, 4) is 0 Å². The van der Waals surface area contributed by atoms with E-state index in [1.54, 1.807) is 17.7 Å². The standard InChI is InChI=1S/C16H21N5OS/c1-10-11(2)23-15-13(10)14(18-9-19-15)20-6-3-12(4-7-20)21-8-5-17-16(21)22/h9,12H,3-8H2,1-2H3,(H,17,22). The normalized spacial score (nSPS) is 19.7. The Labute approximate surface area is 139 Å². The van der Waals surface area contributed by atoms with Crippen LogP contribution in [0, 0.1) is 13.8 Å². The van der Waals surface area contributed by atoms with Gasteiger partial charge in [-0.2, -0.15) is 0 Å². The van der Waals surface area contributed by atoms with Crippen LogP contribution in [0.3, 0.4) is 0 Å². The minimum atomic E-state index is 0.0946. The molecule has 4 rings (SSSR count). The zero-order valence-electron chi connectivity index (χ0n) is 13.5. The minimum Gasteiger partial charge on any atom is -0.356 e. The number of carbonyl (C=O) groups is 1. The number of urea groups is 1. The highest BCUT2D eigenvalue weighted by atomic mass is 32.1. The molecule has 6 nitrogen and oxygen atoms in total. The molecule has 0 atom stereocenters. The van der Waals surface area contributed by atoms with E-state index in [4.69, 9.17) is 0 Å². The smallest absolute Gasteiger partial charge is 0.317 e. The quantitative estimate of drug-likeness (QED) is 0.917. The van der Waals surface area contributed by atoms with Crippen LogP contribution in [0.15, 0.2) is 6.33 Å². The fraction of sp³-hybridized carbons (Fsp3) is 0.562. The lowest BCUT2D eigenvalue weighted by Gasteiger charge is -2.36. The van der Waals surface area contributed by atoms with E-state index in [2.05, 4.69) is 34.0 Å². The number of piperidine rings is 1. The first-order chi connectivity index (χ1) is 11.1. The maximum atomic E-state index is 11.8. The molecule has 0 aliphatic carbocycles. The number of carbonyl (C=O) groups excluding carboxylic acids is 1. The van der Waals surface area contributed by atoms with Crippen molar-refractivity contribution >= 4 is 33.4 Å². The van der Waals surface area contributed by atoms with Crippen LogP contribution in [0.1, 0.15) is 23.3 Å². The van der Waals surface area contributed by atoms with Gasteiger partial charge >= 0.3 is 6.03 Å². The third kappa shape index (κ3) is 2.43. The lowest BCUT2D eigenvalue weighted by molar-refractivity contribution is 0.186. The number of hydrogen-bond acceptors (Lipinski definition) is 5. The molecular weight excluding hydrogens is 310 g/mol. The number of aryl methyl sites for hydroxylation is 2. The highest BCUT2D eigenvalue weighted by molar-refractivity contribution is 7.18. The molecule has 2 aromatic rings. The van der Waals surface area contributed by atoms with Gasteiger partial charge in [-0.15, -0.1) is 11.3 Å². The Morgan fingerprint density at radius 1 is 1.22 bits per heavy atom. The summed E-state index contributed by atoms with van der Waals surface area (Å²) in [5.41, 5.74) is 1.29. The summed E-state index contributed by atoms with van der Waals surface area (Å²) in [5, 5.41) is 4.10. The second-order valence-electron chi connectivity index (χ2n) is 6.30. The Balaban J connectivity index is 1.56. The Morgan fingerprint density at radius 3 is 2.70 bits per heavy atom. The third-order valence-electron chi connectivity index (χ3n) is 5.04. The highest BCUT2D eigenvalue weighted by Gasteiger charge is 2.31. The van der Waals surface area contributed by atoms with E-state index < -0.39 is 0 Å². The van der Waals surface area contributed by atoms with Gasteiger partial charge in [0, 0.05) is 37.1 Å². The van der Waals surface area contributed by atoms with E-state index in [1.165, 1.54) is 15.8 Å². The van der Waals surface area contributed by atoms with Crippen molar-refractivity contribution in [2.45, 2.75) is 32.7 Å². The van der Waals surface area contributed by atoms with E-state index in [0.29, 0.717) is 6.04 Å². The third-order valence-corrected chi connectivity index (χ3v) is 6.16. The van der Waals surface area contributed by atoms with Gasteiger partial charge in [-0.1, -0.05) is 0 Å². The van der Waals surface area contributed by atoms with Gasteiger partial charge < -0.3 is 15.1 Å². The van der Waals surface area contributed by atoms with Gasteiger partial charge in [0.2, 0.25) is 0 Å². The number of thiophene rings is 1. The summed E-state index contributed by atoms with van der Waals surface area (Å²) < 4.78 is 0. The van der Waals surface area contributed by atoms with Gasteiger partial charge in [-0.3, -0.25) is 0 Å². The lowest BCUT2D eigenvalue weighted by atomic mass is 10.0. The van der Waals surface area contributed by atoms with Crippen molar-refractivity contribution in [2.75, 3.05) is 31.1 Å². The molecule has 0 unspecified atom stereocenters. The number of hydrogen-bond donors (Lipinski definition) is 1. The molecule has 0 spiro atoms. The molecule has 1 N–H and O–H groups in total. The molecular formula is C16H21N5OS. The maximum absolute atomic E-state index is 11.8. The molecule has 4 heterocycles. The number of anilines is 1. The number of rotatable bonds is 2. The van der Waals surface area contributed by atoms with Crippen LogP contribution in [0.5, 0.6) is 0 Å². The van der Waals surface area contributed by atoms with Crippen LogP contribution >= 0.6 is 11.3 Å². The number of amides is 2. The van der Waals surface area contributed by atoms with Crippen LogP contribution in [-0.4, -0.2) is 53.1 Å². The number of fused-ring (bicyclic) bond motifs is 1. The summed E-state index contributed by atoms with van der Waals surface area (Å²) in [6.07, 6.45) is 3.68. The molecule has 2 amide bonds. The van der Waals surface area contributed by atoms with Gasteiger partial charge in [0.1, 0.15) is 17.0 Å². The van der Waals surface area contributed by atoms with Crippen molar-refractivity contribution in [2.24, 2.45) is 0 Å². The second-order valence-corrected chi connectivity index (χ2v) is 7.51. The zero-order chi connectivity index (χ0) is 16.0. The maximum Gasteiger partial charge on any atom is 0.317 e. The second kappa shape index (κ2) is 5.63. The first-order valence-corrected chi connectivity index (χ1v) is 8.97. The molecule has 2 aromatic heterocycles. The van der Waals surface area contributed by atoms with Crippen molar-refractivity contribution in [3.63, 3.8) is 0 Å². The molecule has 0 bridgehead atoms. The van der Waals surface area contributed by atoms with Crippen LogP contribution in [0.2, 0.25) is 0 Å². The topological polar surface area (TPSA) is 61.4 Å². The van der Waals surface area contributed by atoms with Crippen LogP contribution in [0.25, 0.3) is 10.2 Å². The van der Waals surface area contributed by atoms with Crippen LogP contribution in [0.4, 0.5) is 10.6 Å². The SMILES string of the molecule is Cc1sc2ncnc(N3CCC(N4CCNC4=O)CC3)c2c1C. The fourth-order valence-corrected chi connectivity index (χ4v) is 4.62. The Hall–Kier alpha value is -1.89. The summed E-state index contributed by atoms with van der Waals surface area (Å²) in [5.74, 6) is 1.06. The summed E-state index contributed by atoms with van der Waals surface area (Å²) in [7, 11) is 0. The summed E-state index contributed by atoms with van der Waals surface area (Å²) in [6, 6.07) is 0.452. The van der Waals surface area contributed by atoms with Crippen molar-refractivity contribution in [1.29, 1.82) is 0 Å². The van der Waals surface area contributed by atoms with Gasteiger partial charge in [0.25, 0.3) is 0 Å². The molecule has 0 saturated carbocycles. The van der Waals surface area contributed by atoms with E-state index in [0.717, 1.165) is 49.7 Å². The van der Waals surface area contributed by atoms with Crippen molar-refractivity contribution < 1.29 is 4.79 Å². The Morgan fingerprint density at radius 2 is 2.00 bits per heavy atom.